The maximum atomic E-state index is 12.6. The maximum absolute atomic E-state index is 12.6. The minimum absolute atomic E-state index is 0.253. The minimum atomic E-state index is 0.253. The van der Waals surface area contributed by atoms with Gasteiger partial charge in [-0.1, -0.05) is 18.2 Å². The normalized spacial score (nSPS) is 22.7. The number of methoxy groups -OCH3 is 1. The van der Waals surface area contributed by atoms with Crippen LogP contribution < -0.4 is 4.74 Å². The molecular formula is C21H25N3O2. The van der Waals surface area contributed by atoms with Crippen molar-refractivity contribution < 1.29 is 9.53 Å². The number of aryl methyl sites for hydroxylation is 1. The van der Waals surface area contributed by atoms with E-state index >= 15 is 0 Å². The molecule has 0 radical (unpaired) electrons. The average Bonchev–Trinajstić information content (AvgIpc) is 3.16. The zero-order valence-corrected chi connectivity index (χ0v) is 15.4. The van der Waals surface area contributed by atoms with Gasteiger partial charge in [0.15, 0.2) is 0 Å². The molecule has 1 amide bonds. The third kappa shape index (κ3) is 3.31. The van der Waals surface area contributed by atoms with Crippen molar-refractivity contribution in [2.24, 2.45) is 0 Å². The molecule has 4 rings (SSSR count). The highest BCUT2D eigenvalue weighted by atomic mass is 16.5. The van der Waals surface area contributed by atoms with E-state index in [9.17, 15) is 4.79 Å². The molecule has 5 nitrogen and oxygen atoms in total. The van der Waals surface area contributed by atoms with Crippen LogP contribution in [0.3, 0.4) is 0 Å². The third-order valence-electron chi connectivity index (χ3n) is 5.55. The highest BCUT2D eigenvalue weighted by molar-refractivity contribution is 5.80. The van der Waals surface area contributed by atoms with Crippen molar-refractivity contribution in [3.05, 3.63) is 59.4 Å². The van der Waals surface area contributed by atoms with Crippen LogP contribution in [-0.4, -0.2) is 46.4 Å². The Balaban J connectivity index is 1.44. The minimum Gasteiger partial charge on any atom is -0.497 e. The standard InChI is InChI=1S/C21H25N3O2/c1-15-4-3-5-17(22-15)14-24-19-10-11-23(20(19)12-21(24)25)13-16-6-8-18(26-2)9-7-16/h3-9,19-20H,10-14H2,1-2H3/t19-,20-/m1/s1. The second kappa shape index (κ2) is 7.08. The summed E-state index contributed by atoms with van der Waals surface area (Å²) in [6.07, 6.45) is 1.66. The lowest BCUT2D eigenvalue weighted by molar-refractivity contribution is -0.129. The lowest BCUT2D eigenvalue weighted by Crippen LogP contribution is -2.36. The van der Waals surface area contributed by atoms with Crippen LogP contribution in [0.5, 0.6) is 5.75 Å². The van der Waals surface area contributed by atoms with Crippen molar-refractivity contribution in [2.45, 2.75) is 44.9 Å². The first-order valence-electron chi connectivity index (χ1n) is 9.23. The fourth-order valence-corrected chi connectivity index (χ4v) is 4.24. The summed E-state index contributed by atoms with van der Waals surface area (Å²) >= 11 is 0. The predicted octanol–water partition coefficient (Wildman–Crippen LogP) is 2.77. The molecule has 0 unspecified atom stereocenters. The molecule has 26 heavy (non-hydrogen) atoms. The number of fused-ring (bicyclic) bond motifs is 1. The SMILES string of the molecule is COc1ccc(CN2CC[C@@H]3[C@H]2CC(=O)N3Cc2cccc(C)n2)cc1. The number of carbonyl (C=O) groups is 1. The number of nitrogens with zero attached hydrogens (tertiary/aromatic N) is 3. The Morgan fingerprint density at radius 1 is 1.12 bits per heavy atom. The number of carbonyl (C=O) groups excluding carboxylic acids is 1. The number of aromatic nitrogens is 1. The number of ether oxygens (including phenoxy) is 1. The molecule has 1 aromatic carbocycles. The summed E-state index contributed by atoms with van der Waals surface area (Å²) in [5, 5.41) is 0. The van der Waals surface area contributed by atoms with Crippen LogP contribution in [0, 0.1) is 6.92 Å². The molecule has 136 valence electrons. The van der Waals surface area contributed by atoms with E-state index in [4.69, 9.17) is 4.74 Å². The molecule has 2 aliphatic rings. The van der Waals surface area contributed by atoms with E-state index in [1.165, 1.54) is 5.56 Å². The summed E-state index contributed by atoms with van der Waals surface area (Å²) in [6.45, 7) is 4.53. The van der Waals surface area contributed by atoms with Crippen molar-refractivity contribution in [1.29, 1.82) is 0 Å². The first-order chi connectivity index (χ1) is 12.6. The maximum Gasteiger partial charge on any atom is 0.224 e. The molecule has 2 saturated heterocycles. The predicted molar refractivity (Wildman–Crippen MR) is 99.7 cm³/mol. The van der Waals surface area contributed by atoms with Gasteiger partial charge in [0.25, 0.3) is 0 Å². The number of amides is 1. The summed E-state index contributed by atoms with van der Waals surface area (Å²) in [7, 11) is 1.68. The molecule has 0 saturated carbocycles. The van der Waals surface area contributed by atoms with Crippen LogP contribution in [0.25, 0.3) is 0 Å². The van der Waals surface area contributed by atoms with Crippen LogP contribution in [0.15, 0.2) is 42.5 Å². The van der Waals surface area contributed by atoms with E-state index in [0.717, 1.165) is 36.6 Å². The molecule has 0 spiro atoms. The molecule has 3 heterocycles. The second-order valence-electron chi connectivity index (χ2n) is 7.24. The van der Waals surface area contributed by atoms with Gasteiger partial charge in [0.1, 0.15) is 5.75 Å². The second-order valence-corrected chi connectivity index (χ2v) is 7.24. The molecule has 2 aromatic rings. The van der Waals surface area contributed by atoms with E-state index < -0.39 is 0 Å². The molecule has 2 fully saturated rings. The highest BCUT2D eigenvalue weighted by Gasteiger charge is 2.46. The molecule has 2 atom stereocenters. The summed E-state index contributed by atoms with van der Waals surface area (Å²) < 4.78 is 5.23. The van der Waals surface area contributed by atoms with Crippen LogP contribution in [0.1, 0.15) is 29.8 Å². The fraction of sp³-hybridized carbons (Fsp3) is 0.429. The van der Waals surface area contributed by atoms with Crippen molar-refractivity contribution in [3.63, 3.8) is 0 Å². The van der Waals surface area contributed by atoms with Gasteiger partial charge < -0.3 is 9.64 Å². The molecule has 5 heteroatoms. The topological polar surface area (TPSA) is 45.7 Å². The van der Waals surface area contributed by atoms with Gasteiger partial charge in [-0.2, -0.15) is 0 Å². The first-order valence-corrected chi connectivity index (χ1v) is 9.23. The lowest BCUT2D eigenvalue weighted by Gasteiger charge is -2.25. The number of likely N-dealkylation sites (tertiary alicyclic amines) is 2. The van der Waals surface area contributed by atoms with Crippen molar-refractivity contribution in [1.82, 2.24) is 14.8 Å². The smallest absolute Gasteiger partial charge is 0.224 e. The van der Waals surface area contributed by atoms with Gasteiger partial charge in [-0.25, -0.2) is 0 Å². The quantitative estimate of drug-likeness (QED) is 0.831. The zero-order valence-electron chi connectivity index (χ0n) is 15.4. The Morgan fingerprint density at radius 2 is 1.92 bits per heavy atom. The van der Waals surface area contributed by atoms with Crippen LogP contribution >= 0.6 is 0 Å². The van der Waals surface area contributed by atoms with E-state index in [0.29, 0.717) is 25.0 Å². The van der Waals surface area contributed by atoms with E-state index in [2.05, 4.69) is 22.0 Å². The number of hydrogen-bond acceptors (Lipinski definition) is 4. The first kappa shape index (κ1) is 17.0. The number of rotatable bonds is 5. The van der Waals surface area contributed by atoms with Gasteiger partial charge in [-0.3, -0.25) is 14.7 Å². The Hall–Kier alpha value is -2.40. The van der Waals surface area contributed by atoms with E-state index in [1.807, 2.05) is 42.2 Å². The molecule has 0 bridgehead atoms. The van der Waals surface area contributed by atoms with Gasteiger partial charge in [0.05, 0.1) is 19.3 Å². The Labute approximate surface area is 154 Å². The molecule has 1 aromatic heterocycles. The number of benzene rings is 1. The molecule has 0 N–H and O–H groups in total. The summed E-state index contributed by atoms with van der Waals surface area (Å²) in [4.78, 5) is 21.7. The van der Waals surface area contributed by atoms with Gasteiger partial charge in [-0.05, 0) is 43.2 Å². The highest BCUT2D eigenvalue weighted by Crippen LogP contribution is 2.34. The van der Waals surface area contributed by atoms with E-state index in [1.54, 1.807) is 7.11 Å². The Morgan fingerprint density at radius 3 is 2.65 bits per heavy atom. The van der Waals surface area contributed by atoms with Crippen molar-refractivity contribution in [3.8, 4) is 5.75 Å². The summed E-state index contributed by atoms with van der Waals surface area (Å²) in [5.74, 6) is 1.13. The van der Waals surface area contributed by atoms with Gasteiger partial charge in [-0.15, -0.1) is 0 Å². The zero-order chi connectivity index (χ0) is 18.1. The molecule has 0 aliphatic carbocycles. The van der Waals surface area contributed by atoms with Crippen LogP contribution in [0.4, 0.5) is 0 Å². The largest absolute Gasteiger partial charge is 0.497 e. The van der Waals surface area contributed by atoms with Gasteiger partial charge in [0, 0.05) is 37.3 Å². The average molecular weight is 351 g/mol. The molecular weight excluding hydrogens is 326 g/mol. The number of hydrogen-bond donors (Lipinski definition) is 0. The molecule has 2 aliphatic heterocycles. The monoisotopic (exact) mass is 351 g/mol. The van der Waals surface area contributed by atoms with Crippen molar-refractivity contribution >= 4 is 5.91 Å². The fourth-order valence-electron chi connectivity index (χ4n) is 4.24. The van der Waals surface area contributed by atoms with Crippen LogP contribution in [-0.2, 0) is 17.9 Å². The Bertz CT molecular complexity index is 790. The number of pyridine rings is 1. The lowest BCUT2D eigenvalue weighted by atomic mass is 10.1. The van der Waals surface area contributed by atoms with Crippen LogP contribution in [0.2, 0.25) is 0 Å². The van der Waals surface area contributed by atoms with E-state index in [-0.39, 0.29) is 5.91 Å². The summed E-state index contributed by atoms with van der Waals surface area (Å²) in [5.41, 5.74) is 3.24. The third-order valence-corrected chi connectivity index (χ3v) is 5.55. The van der Waals surface area contributed by atoms with Crippen molar-refractivity contribution in [2.75, 3.05) is 13.7 Å². The van der Waals surface area contributed by atoms with Gasteiger partial charge in [0.2, 0.25) is 5.91 Å². The Kier molecular flexibility index (Phi) is 4.64. The van der Waals surface area contributed by atoms with Gasteiger partial charge >= 0.3 is 0 Å². The summed E-state index contributed by atoms with van der Waals surface area (Å²) in [6, 6.07) is 14.9.